The topological polar surface area (TPSA) is 72.8 Å². The van der Waals surface area contributed by atoms with Crippen LogP contribution in [0.4, 0.5) is 28.9 Å². The normalized spacial score (nSPS) is 18.0. The molecule has 1 aliphatic rings. The number of anilines is 2. The molecule has 5 nitrogen and oxygen atoms in total. The number of aliphatic hydroxyl groups excluding tert-OH is 1. The number of hydrogen-bond acceptors (Lipinski definition) is 4. The maximum absolute atomic E-state index is 13.8. The minimum Gasteiger partial charge on any atom is -0.479 e. The van der Waals surface area contributed by atoms with E-state index in [1.54, 1.807) is 0 Å². The molecule has 1 atom stereocenters. The fourth-order valence-electron chi connectivity index (χ4n) is 1.94. The van der Waals surface area contributed by atoms with Crippen LogP contribution in [0.3, 0.4) is 0 Å². The summed E-state index contributed by atoms with van der Waals surface area (Å²) in [7, 11) is 0. The summed E-state index contributed by atoms with van der Waals surface area (Å²) in [6.07, 6.45) is -1.73. The minimum atomic E-state index is -2.96. The van der Waals surface area contributed by atoms with Crippen molar-refractivity contribution in [3.63, 3.8) is 0 Å². The van der Waals surface area contributed by atoms with Crippen molar-refractivity contribution in [2.45, 2.75) is 12.0 Å². The number of carbonyl (C=O) groups is 1. The molecule has 1 saturated heterocycles. The average molecular weight is 308 g/mol. The van der Waals surface area contributed by atoms with E-state index in [0.29, 0.717) is 0 Å². The van der Waals surface area contributed by atoms with Crippen molar-refractivity contribution < 1.29 is 32.6 Å². The molecule has 116 valence electrons. The number of carboxylic acid groups (broad SMARTS) is 1. The highest BCUT2D eigenvalue weighted by molar-refractivity contribution is 5.73. The van der Waals surface area contributed by atoms with Crippen LogP contribution in [0.5, 0.6) is 0 Å². The van der Waals surface area contributed by atoms with E-state index in [1.165, 1.54) is 0 Å². The SMILES string of the molecule is O=C(O)C(O)CNc1cc(F)c(N2CC(F)(F)C2)c(F)c1. The lowest BCUT2D eigenvalue weighted by molar-refractivity contribution is -0.145. The second-order valence-electron chi connectivity index (χ2n) is 4.74. The summed E-state index contributed by atoms with van der Waals surface area (Å²) in [4.78, 5) is 11.3. The fourth-order valence-corrected chi connectivity index (χ4v) is 1.94. The predicted molar refractivity (Wildman–Crippen MR) is 65.7 cm³/mol. The molecule has 0 amide bonds. The molecule has 1 unspecified atom stereocenters. The van der Waals surface area contributed by atoms with Gasteiger partial charge < -0.3 is 20.4 Å². The third-order valence-electron chi connectivity index (χ3n) is 2.96. The highest BCUT2D eigenvalue weighted by Crippen LogP contribution is 2.36. The van der Waals surface area contributed by atoms with Crippen molar-refractivity contribution in [3.8, 4) is 0 Å². The molecule has 2 rings (SSSR count). The first-order valence-corrected chi connectivity index (χ1v) is 5.96. The van der Waals surface area contributed by atoms with E-state index in [2.05, 4.69) is 5.32 Å². The molecule has 21 heavy (non-hydrogen) atoms. The van der Waals surface area contributed by atoms with Crippen LogP contribution >= 0.6 is 0 Å². The van der Waals surface area contributed by atoms with E-state index in [-0.39, 0.29) is 5.69 Å². The van der Waals surface area contributed by atoms with Crippen molar-refractivity contribution >= 4 is 17.3 Å². The second kappa shape index (κ2) is 5.40. The monoisotopic (exact) mass is 308 g/mol. The van der Waals surface area contributed by atoms with Crippen LogP contribution in [-0.2, 0) is 4.79 Å². The van der Waals surface area contributed by atoms with Gasteiger partial charge in [-0.15, -0.1) is 0 Å². The Balaban J connectivity index is 2.09. The van der Waals surface area contributed by atoms with E-state index in [0.717, 1.165) is 17.0 Å². The number of halogens is 4. The number of alkyl halides is 2. The van der Waals surface area contributed by atoms with Crippen LogP contribution in [0.2, 0.25) is 0 Å². The van der Waals surface area contributed by atoms with Crippen LogP contribution in [-0.4, -0.2) is 47.8 Å². The fraction of sp³-hybridized carbons (Fsp3) is 0.417. The van der Waals surface area contributed by atoms with Gasteiger partial charge in [0.15, 0.2) is 17.7 Å². The third kappa shape index (κ3) is 3.35. The molecule has 0 saturated carbocycles. The zero-order valence-electron chi connectivity index (χ0n) is 10.6. The number of nitrogens with one attached hydrogen (secondary N) is 1. The quantitative estimate of drug-likeness (QED) is 0.715. The summed E-state index contributed by atoms with van der Waals surface area (Å²) >= 11 is 0. The summed E-state index contributed by atoms with van der Waals surface area (Å²) < 4.78 is 53.0. The number of nitrogens with zero attached hydrogens (tertiary/aromatic N) is 1. The van der Waals surface area contributed by atoms with Gasteiger partial charge in [-0.25, -0.2) is 22.4 Å². The number of aliphatic carboxylic acids is 1. The number of rotatable bonds is 5. The molecule has 0 aromatic heterocycles. The molecular formula is C12H12F4N2O3. The molecule has 3 N–H and O–H groups in total. The van der Waals surface area contributed by atoms with Gasteiger partial charge in [0, 0.05) is 5.69 Å². The Morgan fingerprint density at radius 3 is 2.29 bits per heavy atom. The third-order valence-corrected chi connectivity index (χ3v) is 2.96. The first-order valence-electron chi connectivity index (χ1n) is 5.96. The Bertz CT molecular complexity index is 536. The van der Waals surface area contributed by atoms with Crippen LogP contribution in [0.15, 0.2) is 12.1 Å². The molecule has 0 radical (unpaired) electrons. The smallest absolute Gasteiger partial charge is 0.334 e. The summed E-state index contributed by atoms with van der Waals surface area (Å²) in [5, 5.41) is 19.8. The second-order valence-corrected chi connectivity index (χ2v) is 4.74. The van der Waals surface area contributed by atoms with Gasteiger partial charge in [0.1, 0.15) is 5.69 Å². The lowest BCUT2D eigenvalue weighted by Gasteiger charge is -2.40. The molecule has 1 fully saturated rings. The van der Waals surface area contributed by atoms with Gasteiger partial charge in [-0.1, -0.05) is 0 Å². The number of aliphatic hydroxyl groups is 1. The van der Waals surface area contributed by atoms with Gasteiger partial charge in [0.2, 0.25) is 0 Å². The minimum absolute atomic E-state index is 0.0960. The van der Waals surface area contributed by atoms with Crippen LogP contribution in [0, 0.1) is 11.6 Å². The average Bonchev–Trinajstić information content (AvgIpc) is 2.32. The Morgan fingerprint density at radius 1 is 1.33 bits per heavy atom. The van der Waals surface area contributed by atoms with Crippen molar-refractivity contribution in [3.05, 3.63) is 23.8 Å². The van der Waals surface area contributed by atoms with Gasteiger partial charge in [0.05, 0.1) is 19.6 Å². The molecule has 0 bridgehead atoms. The van der Waals surface area contributed by atoms with E-state index >= 15 is 0 Å². The number of carboxylic acids is 1. The lowest BCUT2D eigenvalue weighted by atomic mass is 10.1. The maximum atomic E-state index is 13.8. The molecule has 0 spiro atoms. The zero-order chi connectivity index (χ0) is 15.8. The number of hydrogen-bond donors (Lipinski definition) is 3. The summed E-state index contributed by atoms with van der Waals surface area (Å²) in [5.74, 6) is -6.53. The van der Waals surface area contributed by atoms with Crippen LogP contribution < -0.4 is 10.2 Å². The van der Waals surface area contributed by atoms with E-state index < -0.39 is 55.0 Å². The summed E-state index contributed by atoms with van der Waals surface area (Å²) in [6, 6.07) is 1.70. The molecule has 1 aromatic rings. The molecule has 0 aliphatic carbocycles. The molecule has 1 heterocycles. The standard InChI is InChI=1S/C12H12F4N2O3/c13-7-1-6(17-3-9(19)11(20)21)2-8(14)10(7)18-4-12(15,16)5-18/h1-2,9,17,19H,3-5H2,(H,20,21). The lowest BCUT2D eigenvalue weighted by Crippen LogP contribution is -2.57. The van der Waals surface area contributed by atoms with Crippen LogP contribution in [0.25, 0.3) is 0 Å². The molecule has 1 aromatic carbocycles. The van der Waals surface area contributed by atoms with Gasteiger partial charge in [-0.2, -0.15) is 0 Å². The highest BCUT2D eigenvalue weighted by atomic mass is 19.3. The van der Waals surface area contributed by atoms with Gasteiger partial charge >= 0.3 is 5.97 Å². The Hall–Kier alpha value is -2.03. The van der Waals surface area contributed by atoms with Gasteiger partial charge in [-0.3, -0.25) is 0 Å². The van der Waals surface area contributed by atoms with Crippen LogP contribution in [0.1, 0.15) is 0 Å². The van der Waals surface area contributed by atoms with Gasteiger partial charge in [0.25, 0.3) is 5.92 Å². The first-order chi connectivity index (χ1) is 9.69. The zero-order valence-corrected chi connectivity index (χ0v) is 10.6. The molecule has 1 aliphatic heterocycles. The predicted octanol–water partition coefficient (Wildman–Crippen LogP) is 1.28. The molecular weight excluding hydrogens is 296 g/mol. The van der Waals surface area contributed by atoms with Crippen molar-refractivity contribution in [1.82, 2.24) is 0 Å². The van der Waals surface area contributed by atoms with Gasteiger partial charge in [-0.05, 0) is 12.1 Å². The summed E-state index contributed by atoms with van der Waals surface area (Å²) in [6.45, 7) is -1.97. The first kappa shape index (κ1) is 15.4. The Kier molecular flexibility index (Phi) is 3.95. The Morgan fingerprint density at radius 2 is 1.86 bits per heavy atom. The molecule has 9 heteroatoms. The van der Waals surface area contributed by atoms with Crippen molar-refractivity contribution in [2.24, 2.45) is 0 Å². The van der Waals surface area contributed by atoms with E-state index in [4.69, 9.17) is 10.2 Å². The van der Waals surface area contributed by atoms with Crippen molar-refractivity contribution in [1.29, 1.82) is 0 Å². The van der Waals surface area contributed by atoms with E-state index in [1.807, 2.05) is 0 Å². The van der Waals surface area contributed by atoms with Crippen molar-refractivity contribution in [2.75, 3.05) is 29.9 Å². The number of benzene rings is 1. The maximum Gasteiger partial charge on any atom is 0.334 e. The van der Waals surface area contributed by atoms with E-state index in [9.17, 15) is 22.4 Å². The highest BCUT2D eigenvalue weighted by Gasteiger charge is 2.45. The largest absolute Gasteiger partial charge is 0.479 e. The summed E-state index contributed by atoms with van der Waals surface area (Å²) in [5.41, 5.74) is -0.647. The Labute approximate surface area is 116 Å².